The summed E-state index contributed by atoms with van der Waals surface area (Å²) in [6, 6.07) is 2.50. The van der Waals surface area contributed by atoms with Crippen LogP contribution in [0.1, 0.15) is 103 Å². The minimum absolute atomic E-state index is 0.00268. The summed E-state index contributed by atoms with van der Waals surface area (Å²) < 4.78 is 0. The van der Waals surface area contributed by atoms with Crippen molar-refractivity contribution in [3.63, 3.8) is 0 Å². The molecule has 0 N–H and O–H groups in total. The average molecular weight is 275 g/mol. The van der Waals surface area contributed by atoms with Crippen molar-refractivity contribution in [2.45, 2.75) is 103 Å². The topological polar surface area (TPSA) is 23.8 Å². The van der Waals surface area contributed by atoms with Gasteiger partial charge in [0.1, 0.15) is 0 Å². The van der Waals surface area contributed by atoms with E-state index < -0.39 is 0 Å². The Hall–Kier alpha value is -0.510. The summed E-state index contributed by atoms with van der Waals surface area (Å²) in [7, 11) is 0. The first kappa shape index (κ1) is 15.9. The van der Waals surface area contributed by atoms with Crippen molar-refractivity contribution in [2.75, 3.05) is 0 Å². The molecule has 3 fully saturated rings. The van der Waals surface area contributed by atoms with E-state index >= 15 is 0 Å². The average Bonchev–Trinajstić information content (AvgIpc) is 2.54. The maximum Gasteiger partial charge on any atom is 0.0686 e. The van der Waals surface area contributed by atoms with Gasteiger partial charge in [-0.15, -0.1) is 0 Å². The van der Waals surface area contributed by atoms with Crippen LogP contribution >= 0.6 is 0 Å². The van der Waals surface area contributed by atoms with Gasteiger partial charge in [-0.1, -0.05) is 57.8 Å². The Bertz CT molecular complexity index is 294. The molecule has 3 saturated carbocycles. The van der Waals surface area contributed by atoms with Gasteiger partial charge >= 0.3 is 0 Å². The fourth-order valence-electron chi connectivity index (χ4n) is 4.31. The van der Waals surface area contributed by atoms with Gasteiger partial charge in [0.25, 0.3) is 0 Å². The van der Waals surface area contributed by atoms with Crippen molar-refractivity contribution in [3.05, 3.63) is 0 Å². The molecule has 1 spiro atoms. The zero-order valence-electron chi connectivity index (χ0n) is 13.6. The molecule has 1 heteroatoms. The lowest BCUT2D eigenvalue weighted by atomic mass is 9.60. The maximum atomic E-state index is 9.09. The highest BCUT2D eigenvalue weighted by molar-refractivity contribution is 5.02. The second kappa shape index (κ2) is 7.48. The largest absolute Gasteiger partial charge is 0.198 e. The summed E-state index contributed by atoms with van der Waals surface area (Å²) in [5, 5.41) is 9.09. The molecule has 3 rings (SSSR count). The molecule has 3 aliphatic rings. The van der Waals surface area contributed by atoms with Crippen molar-refractivity contribution in [1.29, 1.82) is 5.26 Å². The molecule has 0 amide bonds. The van der Waals surface area contributed by atoms with Gasteiger partial charge in [0.2, 0.25) is 0 Å². The van der Waals surface area contributed by atoms with E-state index in [1.807, 2.05) is 0 Å². The minimum atomic E-state index is 0.00268. The van der Waals surface area contributed by atoms with Crippen LogP contribution in [0, 0.1) is 22.2 Å². The van der Waals surface area contributed by atoms with Crippen LogP contribution < -0.4 is 0 Å². The van der Waals surface area contributed by atoms with Crippen molar-refractivity contribution in [1.82, 2.24) is 0 Å². The quantitative estimate of drug-likeness (QED) is 0.503. The number of hydrogen-bond donors (Lipinski definition) is 0. The molecule has 114 valence electrons. The fourth-order valence-corrected chi connectivity index (χ4v) is 4.31. The van der Waals surface area contributed by atoms with E-state index in [2.05, 4.69) is 13.0 Å². The van der Waals surface area contributed by atoms with Gasteiger partial charge in [-0.05, 0) is 50.9 Å². The van der Waals surface area contributed by atoms with Gasteiger partial charge in [0.05, 0.1) is 11.5 Å². The smallest absolute Gasteiger partial charge is 0.0686 e. The van der Waals surface area contributed by atoms with Gasteiger partial charge in [-0.2, -0.15) is 5.26 Å². The lowest BCUT2D eigenvalue weighted by Gasteiger charge is -2.44. The third-order valence-electron chi connectivity index (χ3n) is 6.10. The molecule has 0 aromatic rings. The van der Waals surface area contributed by atoms with Gasteiger partial charge in [0, 0.05) is 0 Å². The Balaban J connectivity index is 0.000000205. The summed E-state index contributed by atoms with van der Waals surface area (Å²) in [5.74, 6) is 0. The standard InChI is InChI=1S/C13H21N.C6H12/c1-12(11-14)7-9-13(10-8-12)5-3-2-4-6-13;1-2-4-6-5-3-1/h2-10H2,1H3;1-6H2. The molecule has 0 unspecified atom stereocenters. The second-order valence-corrected chi connectivity index (χ2v) is 7.85. The fraction of sp³-hybridized carbons (Fsp3) is 0.947. The zero-order chi connectivity index (χ0) is 14.3. The Morgan fingerprint density at radius 3 is 1.40 bits per heavy atom. The second-order valence-electron chi connectivity index (χ2n) is 7.85. The van der Waals surface area contributed by atoms with Crippen LogP contribution in [0.15, 0.2) is 0 Å². The van der Waals surface area contributed by atoms with E-state index in [0.717, 1.165) is 12.8 Å². The molecular weight excluding hydrogens is 242 g/mol. The number of nitrogens with zero attached hydrogens (tertiary/aromatic N) is 1. The number of rotatable bonds is 0. The SMILES string of the molecule is C1CCCCC1.CC1(C#N)CCC2(CCCCC2)CC1. The monoisotopic (exact) mass is 275 g/mol. The number of hydrogen-bond acceptors (Lipinski definition) is 1. The van der Waals surface area contributed by atoms with E-state index in [4.69, 9.17) is 5.26 Å². The molecule has 0 radical (unpaired) electrons. The summed E-state index contributed by atoms with van der Waals surface area (Å²) in [6.45, 7) is 2.14. The molecule has 0 aromatic carbocycles. The third-order valence-corrected chi connectivity index (χ3v) is 6.10. The summed E-state index contributed by atoms with van der Waals surface area (Å²) in [5.41, 5.74) is 0.664. The summed E-state index contributed by atoms with van der Waals surface area (Å²) in [4.78, 5) is 0. The van der Waals surface area contributed by atoms with Crippen LogP contribution in [0.25, 0.3) is 0 Å². The van der Waals surface area contributed by atoms with Crippen molar-refractivity contribution in [3.8, 4) is 6.07 Å². The van der Waals surface area contributed by atoms with E-state index in [-0.39, 0.29) is 5.41 Å². The molecular formula is C19H33N. The Morgan fingerprint density at radius 1 is 0.600 bits per heavy atom. The van der Waals surface area contributed by atoms with E-state index in [1.165, 1.54) is 83.5 Å². The maximum absolute atomic E-state index is 9.09. The van der Waals surface area contributed by atoms with Crippen LogP contribution in [-0.4, -0.2) is 0 Å². The van der Waals surface area contributed by atoms with Crippen LogP contribution in [0.4, 0.5) is 0 Å². The lowest BCUT2D eigenvalue weighted by molar-refractivity contribution is 0.0795. The first-order chi connectivity index (χ1) is 9.68. The predicted octanol–water partition coefficient (Wildman–Crippen LogP) is 6.38. The Morgan fingerprint density at radius 2 is 1.00 bits per heavy atom. The first-order valence-corrected chi connectivity index (χ1v) is 9.09. The highest BCUT2D eigenvalue weighted by atomic mass is 14.5. The number of nitriles is 1. The molecule has 3 aliphatic carbocycles. The van der Waals surface area contributed by atoms with Crippen molar-refractivity contribution >= 4 is 0 Å². The van der Waals surface area contributed by atoms with Gasteiger partial charge in [-0.25, -0.2) is 0 Å². The van der Waals surface area contributed by atoms with E-state index in [9.17, 15) is 0 Å². The Kier molecular flexibility index (Phi) is 5.94. The van der Waals surface area contributed by atoms with Gasteiger partial charge < -0.3 is 0 Å². The third kappa shape index (κ3) is 4.51. The molecule has 0 atom stereocenters. The molecule has 0 heterocycles. The minimum Gasteiger partial charge on any atom is -0.198 e. The predicted molar refractivity (Wildman–Crippen MR) is 85.4 cm³/mol. The van der Waals surface area contributed by atoms with Gasteiger partial charge in [0.15, 0.2) is 0 Å². The molecule has 1 nitrogen and oxygen atoms in total. The Labute approximate surface area is 126 Å². The highest BCUT2D eigenvalue weighted by Crippen LogP contribution is 2.52. The zero-order valence-corrected chi connectivity index (χ0v) is 13.6. The summed E-state index contributed by atoms with van der Waals surface area (Å²) in [6.07, 6.45) is 21.1. The van der Waals surface area contributed by atoms with Crippen molar-refractivity contribution < 1.29 is 0 Å². The summed E-state index contributed by atoms with van der Waals surface area (Å²) >= 11 is 0. The highest BCUT2D eigenvalue weighted by Gasteiger charge is 2.40. The van der Waals surface area contributed by atoms with Crippen LogP contribution in [0.5, 0.6) is 0 Å². The molecule has 20 heavy (non-hydrogen) atoms. The molecule has 0 aromatic heterocycles. The van der Waals surface area contributed by atoms with Gasteiger partial charge in [-0.3, -0.25) is 0 Å². The lowest BCUT2D eigenvalue weighted by Crippen LogP contribution is -2.33. The van der Waals surface area contributed by atoms with E-state index in [0.29, 0.717) is 5.41 Å². The van der Waals surface area contributed by atoms with Crippen LogP contribution in [0.3, 0.4) is 0 Å². The van der Waals surface area contributed by atoms with Crippen molar-refractivity contribution in [2.24, 2.45) is 10.8 Å². The van der Waals surface area contributed by atoms with Crippen LogP contribution in [0.2, 0.25) is 0 Å². The van der Waals surface area contributed by atoms with E-state index in [1.54, 1.807) is 0 Å². The molecule has 0 aliphatic heterocycles. The molecule has 0 bridgehead atoms. The first-order valence-electron chi connectivity index (χ1n) is 9.09. The normalized spacial score (nSPS) is 28.0. The molecule has 0 saturated heterocycles. The van der Waals surface area contributed by atoms with Crippen LogP contribution in [-0.2, 0) is 0 Å².